The van der Waals surface area contributed by atoms with E-state index in [1.807, 2.05) is 13.0 Å². The van der Waals surface area contributed by atoms with Crippen molar-refractivity contribution in [2.45, 2.75) is 19.4 Å². The lowest BCUT2D eigenvalue weighted by Crippen LogP contribution is -2.05. The lowest BCUT2D eigenvalue weighted by atomic mass is 10.3. The molecule has 0 aliphatic rings. The summed E-state index contributed by atoms with van der Waals surface area (Å²) in [5, 5.41) is 12.3. The molecular weight excluding hydrogens is 386 g/mol. The normalized spacial score (nSPS) is 12.3. The number of halogens is 2. The maximum atomic E-state index is 6.14. The van der Waals surface area contributed by atoms with Crippen LogP contribution < -0.4 is 4.74 Å². The van der Waals surface area contributed by atoms with Crippen LogP contribution >= 0.6 is 27.5 Å². The fourth-order valence-electron chi connectivity index (χ4n) is 1.95. The van der Waals surface area contributed by atoms with Crippen molar-refractivity contribution in [1.82, 2.24) is 25.1 Å². The summed E-state index contributed by atoms with van der Waals surface area (Å²) < 4.78 is 13.5. The van der Waals surface area contributed by atoms with E-state index in [1.54, 1.807) is 30.1 Å². The van der Waals surface area contributed by atoms with Gasteiger partial charge in [0.2, 0.25) is 11.7 Å². The Morgan fingerprint density at radius 1 is 1.43 bits per heavy atom. The number of hydrogen-bond donors (Lipinski definition) is 0. The first-order valence-electron chi connectivity index (χ1n) is 6.80. The zero-order valence-corrected chi connectivity index (χ0v) is 14.7. The SMILES string of the molecule is CC(Oc1ccc(Br)cc1Cl)c1noc(Cc2cn(C)nn2)n1. The third kappa shape index (κ3) is 3.89. The standard InChI is InChI=1S/C14H13BrClN5O2/c1-8(22-12-4-3-9(15)5-11(12)16)14-17-13(23-19-14)6-10-7-21(2)20-18-10/h3-5,7-8H,6H2,1-2H3. The van der Waals surface area contributed by atoms with Gasteiger partial charge in [-0.05, 0) is 25.1 Å². The minimum Gasteiger partial charge on any atom is -0.481 e. The van der Waals surface area contributed by atoms with E-state index in [-0.39, 0.29) is 0 Å². The van der Waals surface area contributed by atoms with Crippen molar-refractivity contribution in [1.29, 1.82) is 0 Å². The number of ether oxygens (including phenoxy) is 1. The molecule has 7 nitrogen and oxygen atoms in total. The Kier molecular flexibility index (Phi) is 4.63. The van der Waals surface area contributed by atoms with Crippen LogP contribution in [0.3, 0.4) is 0 Å². The highest BCUT2D eigenvalue weighted by atomic mass is 79.9. The molecule has 0 saturated carbocycles. The maximum Gasteiger partial charge on any atom is 0.232 e. The molecule has 0 aliphatic heterocycles. The summed E-state index contributed by atoms with van der Waals surface area (Å²) in [5.41, 5.74) is 0.757. The smallest absolute Gasteiger partial charge is 0.232 e. The summed E-state index contributed by atoms with van der Waals surface area (Å²) in [6.45, 7) is 1.83. The quantitative estimate of drug-likeness (QED) is 0.656. The van der Waals surface area contributed by atoms with Crippen molar-refractivity contribution in [3.8, 4) is 5.75 Å². The van der Waals surface area contributed by atoms with Crippen LogP contribution in [0.15, 0.2) is 33.4 Å². The zero-order valence-electron chi connectivity index (χ0n) is 12.4. The molecule has 23 heavy (non-hydrogen) atoms. The predicted molar refractivity (Wildman–Crippen MR) is 86.3 cm³/mol. The summed E-state index contributed by atoms with van der Waals surface area (Å²) in [5.74, 6) is 1.46. The van der Waals surface area contributed by atoms with Crippen molar-refractivity contribution in [2.24, 2.45) is 7.05 Å². The molecule has 0 saturated heterocycles. The van der Waals surface area contributed by atoms with E-state index in [0.717, 1.165) is 10.2 Å². The van der Waals surface area contributed by atoms with Crippen molar-refractivity contribution in [2.75, 3.05) is 0 Å². The average molecular weight is 399 g/mol. The highest BCUT2D eigenvalue weighted by Crippen LogP contribution is 2.30. The molecule has 0 fully saturated rings. The summed E-state index contributed by atoms with van der Waals surface area (Å²) in [4.78, 5) is 4.33. The van der Waals surface area contributed by atoms with E-state index in [2.05, 4.69) is 36.4 Å². The summed E-state index contributed by atoms with van der Waals surface area (Å²) in [6.07, 6.45) is 1.82. The molecule has 3 aromatic rings. The van der Waals surface area contributed by atoms with Crippen LogP contribution in [0.4, 0.5) is 0 Å². The molecule has 9 heteroatoms. The zero-order chi connectivity index (χ0) is 16.4. The number of benzene rings is 1. The van der Waals surface area contributed by atoms with E-state index in [0.29, 0.717) is 28.9 Å². The number of aromatic nitrogens is 5. The predicted octanol–water partition coefficient (Wildman–Crippen LogP) is 3.34. The molecule has 0 radical (unpaired) electrons. The Hall–Kier alpha value is -1.93. The van der Waals surface area contributed by atoms with Gasteiger partial charge in [0.25, 0.3) is 0 Å². The van der Waals surface area contributed by atoms with Crippen LogP contribution in [0.2, 0.25) is 5.02 Å². The fourth-order valence-corrected chi connectivity index (χ4v) is 2.67. The van der Waals surface area contributed by atoms with Gasteiger partial charge in [0, 0.05) is 17.7 Å². The minimum atomic E-state index is -0.395. The van der Waals surface area contributed by atoms with Crippen molar-refractivity contribution < 1.29 is 9.26 Å². The first-order valence-corrected chi connectivity index (χ1v) is 7.98. The largest absolute Gasteiger partial charge is 0.481 e. The van der Waals surface area contributed by atoms with Crippen molar-refractivity contribution in [3.05, 3.63) is 51.3 Å². The number of hydrogen-bond acceptors (Lipinski definition) is 6. The van der Waals surface area contributed by atoms with Crippen molar-refractivity contribution >= 4 is 27.5 Å². The van der Waals surface area contributed by atoms with Gasteiger partial charge in [0.15, 0.2) is 6.10 Å². The number of nitrogens with zero attached hydrogens (tertiary/aromatic N) is 5. The van der Waals surface area contributed by atoms with Crippen LogP contribution in [0.1, 0.15) is 30.4 Å². The van der Waals surface area contributed by atoms with Gasteiger partial charge in [0.05, 0.1) is 17.1 Å². The third-order valence-electron chi connectivity index (χ3n) is 3.03. The van der Waals surface area contributed by atoms with Gasteiger partial charge in [-0.15, -0.1) is 5.10 Å². The van der Waals surface area contributed by atoms with Gasteiger partial charge in [-0.25, -0.2) is 0 Å². The third-order valence-corrected chi connectivity index (χ3v) is 3.82. The maximum absolute atomic E-state index is 6.14. The van der Waals surface area contributed by atoms with Crippen molar-refractivity contribution in [3.63, 3.8) is 0 Å². The Bertz CT molecular complexity index is 819. The molecule has 2 aromatic heterocycles. The summed E-state index contributed by atoms with van der Waals surface area (Å²) in [6, 6.07) is 5.40. The molecule has 0 bridgehead atoms. The molecular formula is C14H13BrClN5O2. The molecule has 0 N–H and O–H groups in total. The van der Waals surface area contributed by atoms with Crippen LogP contribution in [-0.4, -0.2) is 25.1 Å². The molecule has 1 unspecified atom stereocenters. The number of rotatable bonds is 5. The van der Waals surface area contributed by atoms with E-state index < -0.39 is 6.10 Å². The van der Waals surface area contributed by atoms with Gasteiger partial charge in [-0.3, -0.25) is 4.68 Å². The lowest BCUT2D eigenvalue weighted by molar-refractivity contribution is 0.211. The van der Waals surface area contributed by atoms with E-state index >= 15 is 0 Å². The Labute approximate surface area is 145 Å². The summed E-state index contributed by atoms with van der Waals surface area (Å²) in [7, 11) is 1.80. The average Bonchev–Trinajstić information content (AvgIpc) is 3.12. The molecule has 3 rings (SSSR count). The number of aryl methyl sites for hydroxylation is 1. The Balaban J connectivity index is 1.69. The molecule has 2 heterocycles. The molecule has 1 atom stereocenters. The van der Waals surface area contributed by atoms with Gasteiger partial charge >= 0.3 is 0 Å². The van der Waals surface area contributed by atoms with Crippen LogP contribution in [-0.2, 0) is 13.5 Å². The topological polar surface area (TPSA) is 78.9 Å². The molecule has 0 aliphatic carbocycles. The summed E-state index contributed by atoms with van der Waals surface area (Å²) >= 11 is 9.49. The van der Waals surface area contributed by atoms with Crippen LogP contribution in [0.25, 0.3) is 0 Å². The molecule has 120 valence electrons. The van der Waals surface area contributed by atoms with E-state index in [9.17, 15) is 0 Å². The highest BCUT2D eigenvalue weighted by Gasteiger charge is 2.17. The van der Waals surface area contributed by atoms with Crippen LogP contribution in [0.5, 0.6) is 5.75 Å². The van der Waals surface area contributed by atoms with Gasteiger partial charge < -0.3 is 9.26 Å². The van der Waals surface area contributed by atoms with Gasteiger partial charge in [-0.2, -0.15) is 4.98 Å². The van der Waals surface area contributed by atoms with Gasteiger partial charge in [0.1, 0.15) is 5.75 Å². The van der Waals surface area contributed by atoms with Gasteiger partial charge in [-0.1, -0.05) is 37.9 Å². The first-order chi connectivity index (χ1) is 11.0. The highest BCUT2D eigenvalue weighted by molar-refractivity contribution is 9.10. The second-order valence-corrected chi connectivity index (χ2v) is 6.26. The second-order valence-electron chi connectivity index (χ2n) is 4.94. The van der Waals surface area contributed by atoms with E-state index in [4.69, 9.17) is 20.9 Å². The molecule has 0 amide bonds. The minimum absolute atomic E-state index is 0.395. The molecule has 0 spiro atoms. The van der Waals surface area contributed by atoms with E-state index in [1.165, 1.54) is 0 Å². The molecule has 1 aromatic carbocycles. The van der Waals surface area contributed by atoms with Crippen LogP contribution in [0, 0.1) is 0 Å². The Morgan fingerprint density at radius 2 is 2.26 bits per heavy atom. The monoisotopic (exact) mass is 397 g/mol. The fraction of sp³-hybridized carbons (Fsp3) is 0.286. The lowest BCUT2D eigenvalue weighted by Gasteiger charge is -2.12. The first kappa shape index (κ1) is 15.9. The second kappa shape index (κ2) is 6.67. The Morgan fingerprint density at radius 3 is 2.96 bits per heavy atom.